The first-order chi connectivity index (χ1) is 19.0. The molecule has 1 aromatic carbocycles. The van der Waals surface area contributed by atoms with E-state index < -0.39 is 19.8 Å². The zero-order valence-corrected chi connectivity index (χ0v) is 24.6. The van der Waals surface area contributed by atoms with Gasteiger partial charge in [-0.1, -0.05) is 24.3 Å². The van der Waals surface area contributed by atoms with Crippen molar-refractivity contribution in [2.45, 2.75) is 50.9 Å². The number of aliphatic hydroxyl groups excluding tert-OH is 1. The summed E-state index contributed by atoms with van der Waals surface area (Å²) in [5, 5.41) is 12.6. The van der Waals surface area contributed by atoms with E-state index >= 15 is 0 Å². The van der Waals surface area contributed by atoms with Crippen molar-refractivity contribution in [3.63, 3.8) is 0 Å². The molecule has 7 N–H and O–H groups in total. The highest BCUT2D eigenvalue weighted by Crippen LogP contribution is 2.36. The lowest BCUT2D eigenvalue weighted by Gasteiger charge is -2.13. The molecule has 2 aromatic heterocycles. The van der Waals surface area contributed by atoms with Crippen LogP contribution >= 0.6 is 30.4 Å². The van der Waals surface area contributed by atoms with Gasteiger partial charge in [0.2, 0.25) is 5.95 Å². The Morgan fingerprint density at radius 2 is 1.98 bits per heavy atom. The Kier molecular flexibility index (Phi) is 10.1. The fourth-order valence-corrected chi connectivity index (χ4v) is 4.62. The largest absolute Gasteiger partial charge is 0.527 e. The Morgan fingerprint density at radius 3 is 2.60 bits per heavy atom. The Labute approximate surface area is 243 Å². The number of hydroxylamine groups is 1. The van der Waals surface area contributed by atoms with E-state index in [0.29, 0.717) is 6.04 Å². The topological polar surface area (TPSA) is 207 Å². The minimum Gasteiger partial charge on any atom is -0.396 e. The van der Waals surface area contributed by atoms with Gasteiger partial charge >= 0.3 is 13.8 Å². The Bertz CT molecular complexity index is 1390. The van der Waals surface area contributed by atoms with Gasteiger partial charge in [0.15, 0.2) is 17.0 Å². The molecule has 16 heteroatoms. The number of hydrogen-bond acceptors (Lipinski definition) is 11. The third-order valence-electron chi connectivity index (χ3n) is 6.07. The number of carbonyl (C=O) groups is 1. The summed E-state index contributed by atoms with van der Waals surface area (Å²) in [5.41, 5.74) is 10.6. The van der Waals surface area contributed by atoms with Gasteiger partial charge in [0.05, 0.1) is 19.0 Å². The molecule has 2 aliphatic rings. The predicted molar refractivity (Wildman–Crippen MR) is 154 cm³/mol. The molecule has 0 radical (unpaired) electrons. The number of carbonyl (C=O) groups excluding carboxylic acids is 1. The first kappa shape index (κ1) is 30.3. The standard InChI is InChI=1S/C14H18N6O.C10H13INO6P/c15-14-18-12(17-9-2-3-9)11-13(19-14)20(7-16-11)10-4-1-8(5-10)6-21;1-7(10(13)18-19(14,15)16)12-17-6-8-2-4-9(11)5-3-8/h1,4,7-10,21H,2-3,5-6H2,(H3,15,17,18,19);2-5,7,12H,6H2,1H3,(H2,14,15,16)/t8-,10+;7-/m10/s1. The average molecular weight is 687 g/mol. The summed E-state index contributed by atoms with van der Waals surface area (Å²) in [6, 6.07) is 7.20. The number of aromatic nitrogens is 4. The van der Waals surface area contributed by atoms with Crippen molar-refractivity contribution in [1.29, 1.82) is 0 Å². The second-order valence-electron chi connectivity index (χ2n) is 9.46. The molecule has 0 bridgehead atoms. The van der Waals surface area contributed by atoms with E-state index in [2.05, 4.69) is 58.9 Å². The average Bonchev–Trinajstić information content (AvgIpc) is 3.41. The number of fused-ring (bicyclic) bond motifs is 1. The van der Waals surface area contributed by atoms with Gasteiger partial charge in [-0.05, 0) is 66.5 Å². The third-order valence-corrected chi connectivity index (χ3v) is 7.21. The highest BCUT2D eigenvalue weighted by Gasteiger charge is 2.27. The summed E-state index contributed by atoms with van der Waals surface area (Å²) >= 11 is 2.17. The molecule has 216 valence electrons. The van der Waals surface area contributed by atoms with Crippen LogP contribution in [0, 0.1) is 9.49 Å². The number of phosphoric ester groups is 1. The van der Waals surface area contributed by atoms with Gasteiger partial charge in [0.25, 0.3) is 0 Å². The van der Waals surface area contributed by atoms with Gasteiger partial charge < -0.3 is 25.2 Å². The number of phosphoric acid groups is 1. The monoisotopic (exact) mass is 687 g/mol. The molecule has 1 saturated carbocycles. The quantitative estimate of drug-likeness (QED) is 0.0785. The summed E-state index contributed by atoms with van der Waals surface area (Å²) < 4.78 is 17.5. The molecule has 5 rings (SSSR count). The number of allylic oxidation sites excluding steroid dienone is 1. The van der Waals surface area contributed by atoms with Crippen LogP contribution in [0.4, 0.5) is 11.8 Å². The van der Waals surface area contributed by atoms with E-state index in [9.17, 15) is 14.5 Å². The first-order valence-electron chi connectivity index (χ1n) is 12.5. The first-order valence-corrected chi connectivity index (χ1v) is 15.1. The van der Waals surface area contributed by atoms with Crippen molar-refractivity contribution in [1.82, 2.24) is 25.0 Å². The second-order valence-corrected chi connectivity index (χ2v) is 11.9. The molecule has 3 aromatic rings. The smallest absolute Gasteiger partial charge is 0.396 e. The van der Waals surface area contributed by atoms with Crippen molar-refractivity contribution >= 4 is 59.3 Å². The number of benzene rings is 1. The van der Waals surface area contributed by atoms with Crippen molar-refractivity contribution in [2.24, 2.45) is 5.92 Å². The van der Waals surface area contributed by atoms with Crippen molar-refractivity contribution in [3.05, 3.63) is 51.9 Å². The summed E-state index contributed by atoms with van der Waals surface area (Å²) in [7, 11) is -4.82. The molecule has 40 heavy (non-hydrogen) atoms. The highest BCUT2D eigenvalue weighted by molar-refractivity contribution is 14.1. The molecule has 14 nitrogen and oxygen atoms in total. The summed E-state index contributed by atoms with van der Waals surface area (Å²) in [6.45, 7) is 1.75. The van der Waals surface area contributed by atoms with Crippen LogP contribution in [0.25, 0.3) is 11.2 Å². The van der Waals surface area contributed by atoms with E-state index in [0.717, 1.165) is 45.4 Å². The van der Waals surface area contributed by atoms with E-state index in [1.807, 2.05) is 34.9 Å². The minimum absolute atomic E-state index is 0.162. The SMILES string of the molecule is C[C@H](NOCc1ccc(I)cc1)C(=O)OP(=O)(O)O.Nc1nc(NC2CC2)c2ncn([C@H]3C=C[C@@H](CO)C3)c2n1. The number of nitrogens with two attached hydrogens (primary N) is 1. The van der Waals surface area contributed by atoms with Gasteiger partial charge in [0, 0.05) is 22.1 Å². The molecule has 1 fully saturated rings. The number of hydrogen-bond donors (Lipinski definition) is 6. The molecule has 0 saturated heterocycles. The molecule has 0 aliphatic heterocycles. The minimum atomic E-state index is -4.82. The predicted octanol–water partition coefficient (Wildman–Crippen LogP) is 2.43. The van der Waals surface area contributed by atoms with Crippen LogP contribution in [0.1, 0.15) is 37.8 Å². The molecule has 2 aliphatic carbocycles. The van der Waals surface area contributed by atoms with E-state index in [4.69, 9.17) is 20.4 Å². The summed E-state index contributed by atoms with van der Waals surface area (Å²) in [4.78, 5) is 46.3. The number of nitrogens with zero attached hydrogens (tertiary/aromatic N) is 4. The van der Waals surface area contributed by atoms with E-state index in [-0.39, 0.29) is 31.1 Å². The molecular formula is C24H31IN7O7P. The maximum absolute atomic E-state index is 11.2. The van der Waals surface area contributed by atoms with Crippen molar-refractivity contribution in [2.75, 3.05) is 17.7 Å². The van der Waals surface area contributed by atoms with E-state index in [1.165, 1.54) is 6.92 Å². The van der Waals surface area contributed by atoms with E-state index in [1.54, 1.807) is 6.33 Å². The number of halogens is 1. The number of anilines is 2. The number of rotatable bonds is 10. The normalized spacial score (nSPS) is 19.2. The molecule has 2 heterocycles. The van der Waals surface area contributed by atoms with Crippen molar-refractivity contribution < 1.29 is 33.6 Å². The Morgan fingerprint density at radius 1 is 1.25 bits per heavy atom. The Hall–Kier alpha value is -2.66. The van der Waals surface area contributed by atoms with Crippen LogP contribution in [0.15, 0.2) is 42.7 Å². The zero-order valence-electron chi connectivity index (χ0n) is 21.6. The molecule has 0 spiro atoms. The number of aliphatic hydroxyl groups is 1. The zero-order chi connectivity index (χ0) is 28.9. The fourth-order valence-electron chi connectivity index (χ4n) is 3.87. The molecule has 0 unspecified atom stereocenters. The van der Waals surface area contributed by atoms with Crippen LogP contribution in [0.5, 0.6) is 0 Å². The molecule has 0 amide bonds. The van der Waals surface area contributed by atoms with Gasteiger partial charge in [-0.25, -0.2) is 14.3 Å². The number of imidazole rings is 1. The Balaban J connectivity index is 0.000000186. The van der Waals surface area contributed by atoms with Crippen LogP contribution in [-0.2, 0) is 25.3 Å². The van der Waals surface area contributed by atoms with Gasteiger partial charge in [-0.15, -0.1) is 0 Å². The number of nitrogen functional groups attached to an aromatic ring is 1. The van der Waals surface area contributed by atoms with Gasteiger partial charge in [0.1, 0.15) is 6.04 Å². The van der Waals surface area contributed by atoms with Crippen LogP contribution in [-0.4, -0.2) is 59.1 Å². The maximum Gasteiger partial charge on any atom is 0.527 e. The van der Waals surface area contributed by atoms with Gasteiger partial charge in [-0.2, -0.15) is 15.4 Å². The second kappa shape index (κ2) is 13.3. The maximum atomic E-state index is 11.2. The molecular weight excluding hydrogens is 656 g/mol. The van der Waals surface area contributed by atoms with Crippen molar-refractivity contribution in [3.8, 4) is 0 Å². The highest BCUT2D eigenvalue weighted by atomic mass is 127. The fraction of sp³-hybridized carbons (Fsp3) is 0.417. The van der Waals surface area contributed by atoms with Gasteiger partial charge in [-0.3, -0.25) is 14.6 Å². The third kappa shape index (κ3) is 8.67. The van der Waals surface area contributed by atoms with Crippen LogP contribution in [0.2, 0.25) is 0 Å². The van der Waals surface area contributed by atoms with Crippen LogP contribution in [0.3, 0.4) is 0 Å². The molecule has 3 atom stereocenters. The summed E-state index contributed by atoms with van der Waals surface area (Å²) in [5.74, 6) is 0.0964. The lowest BCUT2D eigenvalue weighted by molar-refractivity contribution is -0.142. The lowest BCUT2D eigenvalue weighted by Crippen LogP contribution is -2.34. The lowest BCUT2D eigenvalue weighted by atomic mass is 10.1. The number of nitrogens with one attached hydrogen (secondary N) is 2. The van der Waals surface area contributed by atoms with Crippen LogP contribution < -0.4 is 16.5 Å². The summed E-state index contributed by atoms with van der Waals surface area (Å²) in [6.07, 6.45) is 9.10.